The van der Waals surface area contributed by atoms with Gasteiger partial charge in [-0.15, -0.1) is 11.3 Å². The summed E-state index contributed by atoms with van der Waals surface area (Å²) in [5.74, 6) is -1.37. The summed E-state index contributed by atoms with van der Waals surface area (Å²) in [5.41, 5.74) is 2.14. The smallest absolute Gasteiger partial charge is 0.341 e. The Kier molecular flexibility index (Phi) is 5.09. The maximum Gasteiger partial charge on any atom is 0.341 e. The summed E-state index contributed by atoms with van der Waals surface area (Å²) in [6.45, 7) is 5.35. The molecule has 0 unspecified atom stereocenters. The SMILES string of the molecule is COC(=O)c1c(NC(=O)c2cnn(-c3ccccc3F)c2C)sc(C)c1C. The zero-order valence-corrected chi connectivity index (χ0v) is 16.1. The molecule has 0 saturated heterocycles. The van der Waals surface area contributed by atoms with Gasteiger partial charge in [-0.3, -0.25) is 4.79 Å². The Morgan fingerprint density at radius 1 is 1.22 bits per heavy atom. The molecule has 0 aliphatic rings. The zero-order chi connectivity index (χ0) is 19.7. The lowest BCUT2D eigenvalue weighted by molar-refractivity contribution is 0.0601. The summed E-state index contributed by atoms with van der Waals surface area (Å²) in [6, 6.07) is 6.19. The normalized spacial score (nSPS) is 10.7. The fourth-order valence-corrected chi connectivity index (χ4v) is 3.78. The Labute approximate surface area is 159 Å². The Hall–Kier alpha value is -3.00. The number of thiophene rings is 1. The number of halogens is 1. The van der Waals surface area contributed by atoms with Crippen LogP contribution in [-0.4, -0.2) is 28.8 Å². The molecule has 0 atom stereocenters. The predicted molar refractivity (Wildman–Crippen MR) is 101 cm³/mol. The number of aromatic nitrogens is 2. The molecule has 0 saturated carbocycles. The molecule has 6 nitrogen and oxygen atoms in total. The van der Waals surface area contributed by atoms with Gasteiger partial charge in [-0.05, 0) is 38.5 Å². The summed E-state index contributed by atoms with van der Waals surface area (Å²) < 4.78 is 20.2. The third-order valence-electron chi connectivity index (χ3n) is 4.34. The van der Waals surface area contributed by atoms with E-state index in [2.05, 4.69) is 10.4 Å². The molecule has 1 aromatic carbocycles. The number of hydrogen-bond acceptors (Lipinski definition) is 5. The minimum absolute atomic E-state index is 0.257. The highest BCUT2D eigenvalue weighted by Crippen LogP contribution is 2.33. The first kappa shape index (κ1) is 18.8. The van der Waals surface area contributed by atoms with Crippen molar-refractivity contribution < 1.29 is 18.7 Å². The van der Waals surface area contributed by atoms with Crippen LogP contribution in [0.5, 0.6) is 0 Å². The number of aryl methyl sites for hydroxylation is 1. The number of carbonyl (C=O) groups excluding carboxylic acids is 2. The number of ether oxygens (including phenoxy) is 1. The maximum atomic E-state index is 14.0. The molecule has 8 heteroatoms. The molecule has 3 rings (SSSR count). The molecule has 140 valence electrons. The van der Waals surface area contributed by atoms with Gasteiger partial charge in [0.15, 0.2) is 0 Å². The molecular formula is C19H18FN3O3S. The van der Waals surface area contributed by atoms with Crippen molar-refractivity contribution >= 4 is 28.2 Å². The fraction of sp³-hybridized carbons (Fsp3) is 0.211. The number of hydrogen-bond donors (Lipinski definition) is 1. The largest absolute Gasteiger partial charge is 0.465 e. The Morgan fingerprint density at radius 2 is 1.93 bits per heavy atom. The molecule has 27 heavy (non-hydrogen) atoms. The topological polar surface area (TPSA) is 73.2 Å². The van der Waals surface area contributed by atoms with Crippen LogP contribution in [0.1, 0.15) is 36.9 Å². The summed E-state index contributed by atoms with van der Waals surface area (Å²) in [7, 11) is 1.29. The van der Waals surface area contributed by atoms with Crippen molar-refractivity contribution in [2.75, 3.05) is 12.4 Å². The van der Waals surface area contributed by atoms with E-state index in [1.165, 1.54) is 35.4 Å². The number of anilines is 1. The number of carbonyl (C=O) groups is 2. The minimum atomic E-state index is -0.508. The van der Waals surface area contributed by atoms with Gasteiger partial charge in [0.25, 0.3) is 5.91 Å². The van der Waals surface area contributed by atoms with Crippen molar-refractivity contribution in [1.29, 1.82) is 0 Å². The highest BCUT2D eigenvalue weighted by Gasteiger charge is 2.23. The van der Waals surface area contributed by atoms with E-state index in [1.54, 1.807) is 32.0 Å². The van der Waals surface area contributed by atoms with Gasteiger partial charge in [0.1, 0.15) is 16.5 Å². The van der Waals surface area contributed by atoms with E-state index in [0.29, 0.717) is 16.3 Å². The van der Waals surface area contributed by atoms with Gasteiger partial charge in [-0.25, -0.2) is 13.9 Å². The lowest BCUT2D eigenvalue weighted by atomic mass is 10.1. The zero-order valence-electron chi connectivity index (χ0n) is 15.3. The van der Waals surface area contributed by atoms with Gasteiger partial charge in [-0.2, -0.15) is 5.10 Å². The van der Waals surface area contributed by atoms with Crippen LogP contribution < -0.4 is 5.32 Å². The number of nitrogens with zero attached hydrogens (tertiary/aromatic N) is 2. The van der Waals surface area contributed by atoms with Gasteiger partial charge in [0, 0.05) is 4.88 Å². The van der Waals surface area contributed by atoms with Crippen LogP contribution in [0.3, 0.4) is 0 Å². The molecule has 0 radical (unpaired) electrons. The summed E-state index contributed by atoms with van der Waals surface area (Å²) in [6.07, 6.45) is 1.38. The van der Waals surface area contributed by atoms with E-state index < -0.39 is 17.7 Å². The first-order valence-corrected chi connectivity index (χ1v) is 8.96. The van der Waals surface area contributed by atoms with Crippen molar-refractivity contribution in [1.82, 2.24) is 9.78 Å². The number of para-hydroxylation sites is 1. The fourth-order valence-electron chi connectivity index (χ4n) is 2.73. The monoisotopic (exact) mass is 387 g/mol. The van der Waals surface area contributed by atoms with Gasteiger partial charge in [0.2, 0.25) is 0 Å². The number of amides is 1. The highest BCUT2D eigenvalue weighted by atomic mass is 32.1. The van der Waals surface area contributed by atoms with E-state index in [9.17, 15) is 14.0 Å². The number of esters is 1. The minimum Gasteiger partial charge on any atom is -0.465 e. The van der Waals surface area contributed by atoms with Crippen LogP contribution >= 0.6 is 11.3 Å². The molecule has 1 N–H and O–H groups in total. The average molecular weight is 387 g/mol. The van der Waals surface area contributed by atoms with E-state index in [0.717, 1.165) is 10.4 Å². The Balaban J connectivity index is 1.94. The van der Waals surface area contributed by atoms with Gasteiger partial charge in [0.05, 0.1) is 30.1 Å². The molecule has 3 aromatic rings. The Morgan fingerprint density at radius 3 is 2.59 bits per heavy atom. The van der Waals surface area contributed by atoms with Crippen LogP contribution in [0.15, 0.2) is 30.5 Å². The van der Waals surface area contributed by atoms with E-state index in [-0.39, 0.29) is 11.3 Å². The molecule has 0 spiro atoms. The van der Waals surface area contributed by atoms with E-state index >= 15 is 0 Å². The van der Waals surface area contributed by atoms with Crippen LogP contribution in [0.25, 0.3) is 5.69 Å². The third-order valence-corrected chi connectivity index (χ3v) is 5.46. The lowest BCUT2D eigenvalue weighted by Gasteiger charge is -2.08. The Bertz CT molecular complexity index is 1040. The molecule has 2 heterocycles. The number of rotatable bonds is 4. The second-order valence-corrected chi connectivity index (χ2v) is 7.16. The second-order valence-electron chi connectivity index (χ2n) is 5.94. The lowest BCUT2D eigenvalue weighted by Crippen LogP contribution is -2.15. The van der Waals surface area contributed by atoms with Crippen molar-refractivity contribution in [3.63, 3.8) is 0 Å². The van der Waals surface area contributed by atoms with E-state index in [4.69, 9.17) is 4.74 Å². The average Bonchev–Trinajstić information content (AvgIpc) is 3.15. The van der Waals surface area contributed by atoms with Crippen molar-refractivity contribution in [3.8, 4) is 5.69 Å². The molecule has 0 aliphatic heterocycles. The van der Waals surface area contributed by atoms with Crippen LogP contribution in [0.2, 0.25) is 0 Å². The number of benzene rings is 1. The molecule has 0 aliphatic carbocycles. The van der Waals surface area contributed by atoms with Gasteiger partial charge >= 0.3 is 5.97 Å². The first-order chi connectivity index (χ1) is 12.8. The predicted octanol–water partition coefficient (Wildman–Crippen LogP) is 4.04. The molecule has 0 fully saturated rings. The van der Waals surface area contributed by atoms with Crippen LogP contribution in [0, 0.1) is 26.6 Å². The van der Waals surface area contributed by atoms with Gasteiger partial charge in [-0.1, -0.05) is 12.1 Å². The van der Waals surface area contributed by atoms with Crippen molar-refractivity contribution in [2.45, 2.75) is 20.8 Å². The third kappa shape index (κ3) is 3.35. The number of methoxy groups -OCH3 is 1. The molecule has 2 aromatic heterocycles. The standard InChI is InChI=1S/C19H18FN3O3S/c1-10-12(3)27-18(16(10)19(25)26-4)22-17(24)13-9-21-23(11(13)2)15-8-6-5-7-14(15)20/h5-9H,1-4H3,(H,22,24). The first-order valence-electron chi connectivity index (χ1n) is 8.14. The van der Waals surface area contributed by atoms with Gasteiger partial charge < -0.3 is 10.1 Å². The van der Waals surface area contributed by atoms with Crippen molar-refractivity contribution in [3.05, 3.63) is 63.5 Å². The van der Waals surface area contributed by atoms with Crippen molar-refractivity contribution in [2.24, 2.45) is 0 Å². The second kappa shape index (κ2) is 7.32. The summed E-state index contributed by atoms with van der Waals surface area (Å²) >= 11 is 1.30. The molecule has 1 amide bonds. The van der Waals surface area contributed by atoms with E-state index in [1.807, 2.05) is 6.92 Å². The summed E-state index contributed by atoms with van der Waals surface area (Å²) in [4.78, 5) is 25.7. The number of nitrogens with one attached hydrogen (secondary N) is 1. The maximum absolute atomic E-state index is 14.0. The molecule has 0 bridgehead atoms. The summed E-state index contributed by atoms with van der Waals surface area (Å²) in [5, 5.41) is 7.31. The van der Waals surface area contributed by atoms with Crippen LogP contribution in [0.4, 0.5) is 9.39 Å². The quantitative estimate of drug-likeness (QED) is 0.686. The highest BCUT2D eigenvalue weighted by molar-refractivity contribution is 7.16. The van der Waals surface area contributed by atoms with Crippen LogP contribution in [-0.2, 0) is 4.74 Å². The molecular weight excluding hydrogens is 369 g/mol.